The number of hydrogen-bond acceptors (Lipinski definition) is 3. The van der Waals surface area contributed by atoms with Gasteiger partial charge < -0.3 is 10.0 Å². The molecule has 0 spiro atoms. The maximum atomic E-state index is 9.26. The van der Waals surface area contributed by atoms with Crippen LogP contribution in [-0.2, 0) is 0 Å². The number of nitriles is 1. The molecule has 3 nitrogen and oxygen atoms in total. The molecule has 90 valence electrons. The van der Waals surface area contributed by atoms with E-state index < -0.39 is 0 Å². The molecule has 1 aromatic carbocycles. The fraction of sp³-hybridized carbons (Fsp3) is 0.462. The molecule has 1 aromatic rings. The van der Waals surface area contributed by atoms with E-state index in [1.807, 2.05) is 25.2 Å². The maximum Gasteiger partial charge on any atom is 0.101 e. The van der Waals surface area contributed by atoms with Crippen molar-refractivity contribution in [3.05, 3.63) is 28.2 Å². The minimum absolute atomic E-state index is 0.117. The molecule has 1 aliphatic rings. The Kier molecular flexibility index (Phi) is 3.70. The number of halogens is 1. The molecule has 0 aromatic heterocycles. The fourth-order valence-electron chi connectivity index (χ4n) is 2.27. The van der Waals surface area contributed by atoms with Crippen LogP contribution in [0.25, 0.3) is 0 Å². The van der Waals surface area contributed by atoms with Gasteiger partial charge in [-0.25, -0.2) is 0 Å². The normalized spacial score (nSPS) is 22.7. The van der Waals surface area contributed by atoms with E-state index in [1.165, 1.54) is 0 Å². The highest BCUT2D eigenvalue weighted by Gasteiger charge is 2.28. The topological polar surface area (TPSA) is 47.3 Å². The highest BCUT2D eigenvalue weighted by atomic mass is 79.9. The van der Waals surface area contributed by atoms with Crippen LogP contribution in [0, 0.1) is 17.2 Å². The molecule has 4 heteroatoms. The Morgan fingerprint density at radius 1 is 1.53 bits per heavy atom. The van der Waals surface area contributed by atoms with Gasteiger partial charge in [-0.2, -0.15) is 5.26 Å². The second-order valence-electron chi connectivity index (χ2n) is 4.65. The third-order valence-corrected chi connectivity index (χ3v) is 3.73. The van der Waals surface area contributed by atoms with Gasteiger partial charge in [0.05, 0.1) is 17.4 Å². The quantitative estimate of drug-likeness (QED) is 0.932. The van der Waals surface area contributed by atoms with Crippen LogP contribution in [0.5, 0.6) is 0 Å². The molecule has 0 aliphatic heterocycles. The summed E-state index contributed by atoms with van der Waals surface area (Å²) in [5.74, 6) is 0.546. The monoisotopic (exact) mass is 294 g/mol. The van der Waals surface area contributed by atoms with Gasteiger partial charge in [-0.05, 0) is 37.0 Å². The first-order valence-corrected chi connectivity index (χ1v) is 6.48. The van der Waals surface area contributed by atoms with Crippen molar-refractivity contribution in [1.29, 1.82) is 5.26 Å². The average molecular weight is 295 g/mol. The van der Waals surface area contributed by atoms with E-state index in [-0.39, 0.29) is 6.10 Å². The van der Waals surface area contributed by atoms with Crippen LogP contribution in [0.2, 0.25) is 0 Å². The van der Waals surface area contributed by atoms with Gasteiger partial charge in [0.1, 0.15) is 6.07 Å². The van der Waals surface area contributed by atoms with Gasteiger partial charge in [-0.15, -0.1) is 0 Å². The molecule has 2 rings (SSSR count). The first-order chi connectivity index (χ1) is 8.10. The standard InChI is InChI=1S/C13H15BrN2O/c1-16(8-9-4-12(17)5-9)13-3-2-11(14)6-10(13)7-15/h2-3,6,9,12,17H,4-5,8H2,1H3. The summed E-state index contributed by atoms with van der Waals surface area (Å²) in [5, 5.41) is 18.4. The van der Waals surface area contributed by atoms with Crippen LogP contribution in [-0.4, -0.2) is 24.8 Å². The van der Waals surface area contributed by atoms with Crippen LogP contribution in [0.1, 0.15) is 18.4 Å². The number of hydrogen-bond donors (Lipinski definition) is 1. The van der Waals surface area contributed by atoms with Gasteiger partial charge >= 0.3 is 0 Å². The smallest absolute Gasteiger partial charge is 0.101 e. The Hall–Kier alpha value is -1.05. The number of aliphatic hydroxyl groups excluding tert-OH is 1. The molecular formula is C13H15BrN2O. The second kappa shape index (κ2) is 5.07. The molecule has 1 fully saturated rings. The molecule has 0 heterocycles. The molecule has 0 bridgehead atoms. The molecule has 0 amide bonds. The Labute approximate surface area is 110 Å². The summed E-state index contributed by atoms with van der Waals surface area (Å²) in [5.41, 5.74) is 1.64. The van der Waals surface area contributed by atoms with E-state index in [9.17, 15) is 5.11 Å². The highest BCUT2D eigenvalue weighted by Crippen LogP contribution is 2.30. The summed E-state index contributed by atoms with van der Waals surface area (Å²) >= 11 is 3.37. The fourth-order valence-corrected chi connectivity index (χ4v) is 2.63. The molecule has 17 heavy (non-hydrogen) atoms. The average Bonchev–Trinajstić information content (AvgIpc) is 2.26. The predicted octanol–water partition coefficient (Wildman–Crippen LogP) is 2.53. The van der Waals surface area contributed by atoms with Crippen LogP contribution in [0.4, 0.5) is 5.69 Å². The van der Waals surface area contributed by atoms with Gasteiger partial charge in [-0.1, -0.05) is 15.9 Å². The largest absolute Gasteiger partial charge is 0.393 e. The number of nitrogens with zero attached hydrogens (tertiary/aromatic N) is 2. The van der Waals surface area contributed by atoms with E-state index in [1.54, 1.807) is 0 Å². The lowest BCUT2D eigenvalue weighted by atomic mass is 9.82. The summed E-state index contributed by atoms with van der Waals surface area (Å²) in [7, 11) is 1.99. The predicted molar refractivity (Wildman–Crippen MR) is 70.9 cm³/mol. The Bertz CT molecular complexity index is 449. The van der Waals surface area contributed by atoms with E-state index in [0.29, 0.717) is 11.5 Å². The summed E-state index contributed by atoms with van der Waals surface area (Å²) in [4.78, 5) is 2.10. The van der Waals surface area contributed by atoms with Crippen LogP contribution in [0.3, 0.4) is 0 Å². The van der Waals surface area contributed by atoms with Crippen LogP contribution < -0.4 is 4.90 Å². The SMILES string of the molecule is CN(CC1CC(O)C1)c1ccc(Br)cc1C#N. The Morgan fingerprint density at radius 2 is 2.24 bits per heavy atom. The van der Waals surface area contributed by atoms with Crippen molar-refractivity contribution in [3.63, 3.8) is 0 Å². The van der Waals surface area contributed by atoms with Gasteiger partial charge in [0.2, 0.25) is 0 Å². The summed E-state index contributed by atoms with van der Waals surface area (Å²) in [6, 6.07) is 7.95. The molecule has 1 saturated carbocycles. The zero-order valence-electron chi connectivity index (χ0n) is 9.73. The van der Waals surface area contributed by atoms with Crippen molar-refractivity contribution in [3.8, 4) is 6.07 Å². The molecule has 0 radical (unpaired) electrons. The number of rotatable bonds is 3. The van der Waals surface area contributed by atoms with Crippen molar-refractivity contribution in [2.75, 3.05) is 18.5 Å². The van der Waals surface area contributed by atoms with Gasteiger partial charge in [0, 0.05) is 18.1 Å². The van der Waals surface area contributed by atoms with E-state index in [4.69, 9.17) is 5.26 Å². The third-order valence-electron chi connectivity index (χ3n) is 3.23. The third kappa shape index (κ3) is 2.80. The lowest BCUT2D eigenvalue weighted by molar-refractivity contribution is 0.0465. The van der Waals surface area contributed by atoms with Gasteiger partial charge in [-0.3, -0.25) is 0 Å². The maximum absolute atomic E-state index is 9.26. The van der Waals surface area contributed by atoms with Crippen molar-refractivity contribution >= 4 is 21.6 Å². The summed E-state index contributed by atoms with van der Waals surface area (Å²) in [6.45, 7) is 0.896. The molecular weight excluding hydrogens is 280 g/mol. The zero-order valence-corrected chi connectivity index (χ0v) is 11.3. The molecule has 0 saturated heterocycles. The first-order valence-electron chi connectivity index (χ1n) is 5.69. The number of benzene rings is 1. The van der Waals surface area contributed by atoms with E-state index in [2.05, 4.69) is 26.9 Å². The number of aliphatic hydroxyl groups is 1. The number of anilines is 1. The van der Waals surface area contributed by atoms with Crippen molar-refractivity contribution in [2.24, 2.45) is 5.92 Å². The lowest BCUT2D eigenvalue weighted by Gasteiger charge is -2.35. The van der Waals surface area contributed by atoms with Gasteiger partial charge in [0.15, 0.2) is 0 Å². The van der Waals surface area contributed by atoms with Crippen molar-refractivity contribution in [1.82, 2.24) is 0 Å². The summed E-state index contributed by atoms with van der Waals surface area (Å²) < 4.78 is 0.922. The first kappa shape index (κ1) is 12.4. The Morgan fingerprint density at radius 3 is 2.82 bits per heavy atom. The van der Waals surface area contributed by atoms with Crippen molar-refractivity contribution < 1.29 is 5.11 Å². The van der Waals surface area contributed by atoms with Gasteiger partial charge in [0.25, 0.3) is 0 Å². The van der Waals surface area contributed by atoms with Crippen LogP contribution in [0.15, 0.2) is 22.7 Å². The Balaban J connectivity index is 2.08. The van der Waals surface area contributed by atoms with E-state index in [0.717, 1.165) is 29.5 Å². The molecule has 1 N–H and O–H groups in total. The molecule has 0 unspecified atom stereocenters. The minimum atomic E-state index is -0.117. The summed E-state index contributed by atoms with van der Waals surface area (Å²) in [6.07, 6.45) is 1.64. The van der Waals surface area contributed by atoms with Crippen molar-refractivity contribution in [2.45, 2.75) is 18.9 Å². The zero-order chi connectivity index (χ0) is 12.4. The van der Waals surface area contributed by atoms with E-state index >= 15 is 0 Å². The lowest BCUT2D eigenvalue weighted by Crippen LogP contribution is -2.37. The second-order valence-corrected chi connectivity index (χ2v) is 5.56. The minimum Gasteiger partial charge on any atom is -0.393 e. The molecule has 0 atom stereocenters. The molecule has 1 aliphatic carbocycles. The highest BCUT2D eigenvalue weighted by molar-refractivity contribution is 9.10. The van der Waals surface area contributed by atoms with Crippen LogP contribution >= 0.6 is 15.9 Å².